The maximum atomic E-state index is 12.6. The van der Waals surface area contributed by atoms with Crippen LogP contribution in [0.4, 0.5) is 16.5 Å². The summed E-state index contributed by atoms with van der Waals surface area (Å²) in [6.45, 7) is 5.97. The first-order chi connectivity index (χ1) is 12.5. The number of aromatic nitrogens is 1. The molecular formula is C20H20BrN3OS. The van der Waals surface area contributed by atoms with Gasteiger partial charge in [0.05, 0.1) is 5.69 Å². The van der Waals surface area contributed by atoms with Crippen molar-refractivity contribution in [1.29, 1.82) is 0 Å². The van der Waals surface area contributed by atoms with Crippen LogP contribution in [0, 0.1) is 13.8 Å². The molecule has 2 aromatic carbocycles. The number of hydrogen-bond donors (Lipinski definition) is 2. The summed E-state index contributed by atoms with van der Waals surface area (Å²) in [7, 11) is 0. The molecule has 0 spiro atoms. The Hall–Kier alpha value is -2.18. The van der Waals surface area contributed by atoms with Crippen molar-refractivity contribution in [2.24, 2.45) is 0 Å². The molecule has 0 unspecified atom stereocenters. The zero-order chi connectivity index (χ0) is 18.7. The molecule has 4 nitrogen and oxygen atoms in total. The number of para-hydroxylation sites is 1. The normalized spacial score (nSPS) is 10.6. The quantitative estimate of drug-likeness (QED) is 0.516. The number of aryl methyl sites for hydroxylation is 3. The van der Waals surface area contributed by atoms with Crippen LogP contribution >= 0.6 is 27.3 Å². The van der Waals surface area contributed by atoms with E-state index in [-0.39, 0.29) is 5.91 Å². The number of carbonyl (C=O) groups is 1. The Morgan fingerprint density at radius 1 is 1.19 bits per heavy atom. The molecule has 3 rings (SSSR count). The molecule has 0 aliphatic carbocycles. The van der Waals surface area contributed by atoms with Crippen LogP contribution in [0.1, 0.15) is 33.4 Å². The summed E-state index contributed by atoms with van der Waals surface area (Å²) in [4.78, 5) is 17.8. The molecule has 2 N–H and O–H groups in total. The van der Waals surface area contributed by atoms with E-state index in [0.29, 0.717) is 4.88 Å². The maximum Gasteiger partial charge on any atom is 0.267 e. The van der Waals surface area contributed by atoms with Crippen LogP contribution in [0.15, 0.2) is 46.9 Å². The number of hydrogen-bond acceptors (Lipinski definition) is 4. The first-order valence-electron chi connectivity index (χ1n) is 8.37. The van der Waals surface area contributed by atoms with Crippen molar-refractivity contribution < 1.29 is 4.79 Å². The van der Waals surface area contributed by atoms with Gasteiger partial charge >= 0.3 is 0 Å². The van der Waals surface area contributed by atoms with E-state index in [2.05, 4.69) is 44.5 Å². The molecular weight excluding hydrogens is 410 g/mol. The van der Waals surface area contributed by atoms with Gasteiger partial charge in [0.15, 0.2) is 5.13 Å². The first kappa shape index (κ1) is 18.6. The van der Waals surface area contributed by atoms with Gasteiger partial charge in [-0.05, 0) is 55.7 Å². The van der Waals surface area contributed by atoms with Gasteiger partial charge in [0.2, 0.25) is 0 Å². The van der Waals surface area contributed by atoms with Crippen molar-refractivity contribution in [2.75, 3.05) is 10.6 Å². The fourth-order valence-electron chi connectivity index (χ4n) is 2.64. The Morgan fingerprint density at radius 2 is 1.96 bits per heavy atom. The zero-order valence-corrected chi connectivity index (χ0v) is 17.3. The van der Waals surface area contributed by atoms with Crippen molar-refractivity contribution in [3.8, 4) is 0 Å². The van der Waals surface area contributed by atoms with Gasteiger partial charge in [-0.25, -0.2) is 4.98 Å². The minimum Gasteiger partial charge on any atom is -0.331 e. The largest absolute Gasteiger partial charge is 0.331 e. The molecule has 1 heterocycles. The Labute approximate surface area is 165 Å². The van der Waals surface area contributed by atoms with E-state index in [1.54, 1.807) is 0 Å². The number of amides is 1. The molecule has 1 aromatic heterocycles. The lowest BCUT2D eigenvalue weighted by Crippen LogP contribution is -2.11. The Balaban J connectivity index is 1.79. The molecule has 0 fully saturated rings. The molecule has 0 bridgehead atoms. The van der Waals surface area contributed by atoms with Gasteiger partial charge in [0, 0.05) is 15.8 Å². The van der Waals surface area contributed by atoms with Gasteiger partial charge in [-0.1, -0.05) is 52.4 Å². The molecule has 26 heavy (non-hydrogen) atoms. The number of anilines is 3. The van der Waals surface area contributed by atoms with Crippen LogP contribution in [0.5, 0.6) is 0 Å². The van der Waals surface area contributed by atoms with Crippen molar-refractivity contribution in [3.63, 3.8) is 0 Å². The first-order valence-corrected chi connectivity index (χ1v) is 9.98. The van der Waals surface area contributed by atoms with E-state index in [9.17, 15) is 4.79 Å². The third kappa shape index (κ3) is 4.14. The summed E-state index contributed by atoms with van der Waals surface area (Å²) in [6, 6.07) is 13.9. The van der Waals surface area contributed by atoms with Gasteiger partial charge in [-0.2, -0.15) is 0 Å². The van der Waals surface area contributed by atoms with Crippen molar-refractivity contribution >= 4 is 49.7 Å². The summed E-state index contributed by atoms with van der Waals surface area (Å²) in [5.41, 5.74) is 4.81. The monoisotopic (exact) mass is 429 g/mol. The zero-order valence-electron chi connectivity index (χ0n) is 14.9. The highest BCUT2D eigenvalue weighted by molar-refractivity contribution is 9.10. The van der Waals surface area contributed by atoms with E-state index in [0.717, 1.165) is 38.7 Å². The van der Waals surface area contributed by atoms with Crippen LogP contribution in [0.25, 0.3) is 0 Å². The van der Waals surface area contributed by atoms with Gasteiger partial charge < -0.3 is 10.6 Å². The van der Waals surface area contributed by atoms with Gasteiger partial charge in [0.25, 0.3) is 5.91 Å². The smallest absolute Gasteiger partial charge is 0.267 e. The minimum absolute atomic E-state index is 0.140. The topological polar surface area (TPSA) is 54.0 Å². The third-order valence-electron chi connectivity index (χ3n) is 4.06. The number of nitrogens with one attached hydrogen (secondary N) is 2. The summed E-state index contributed by atoms with van der Waals surface area (Å²) >= 11 is 4.83. The second-order valence-electron chi connectivity index (χ2n) is 5.99. The summed E-state index contributed by atoms with van der Waals surface area (Å²) in [5, 5.41) is 7.01. The van der Waals surface area contributed by atoms with E-state index >= 15 is 0 Å². The van der Waals surface area contributed by atoms with E-state index in [1.165, 1.54) is 16.9 Å². The Morgan fingerprint density at radius 3 is 2.69 bits per heavy atom. The van der Waals surface area contributed by atoms with Crippen molar-refractivity contribution in [3.05, 3.63) is 68.6 Å². The predicted octanol–water partition coefficient (Wildman–Crippen LogP) is 6.08. The fourth-order valence-corrected chi connectivity index (χ4v) is 3.76. The minimum atomic E-state index is -0.140. The summed E-state index contributed by atoms with van der Waals surface area (Å²) < 4.78 is 1.02. The molecule has 0 atom stereocenters. The second kappa shape index (κ2) is 8.01. The number of benzene rings is 2. The average molecular weight is 430 g/mol. The van der Waals surface area contributed by atoms with Crippen LogP contribution in [0.2, 0.25) is 0 Å². The van der Waals surface area contributed by atoms with Crippen LogP contribution < -0.4 is 10.6 Å². The molecule has 0 aliphatic rings. The lowest BCUT2D eigenvalue weighted by atomic mass is 10.1. The number of nitrogens with zero attached hydrogens (tertiary/aromatic N) is 1. The summed E-state index contributed by atoms with van der Waals surface area (Å²) in [6.07, 6.45) is 0.934. The predicted molar refractivity (Wildman–Crippen MR) is 113 cm³/mol. The molecule has 3 aromatic rings. The highest BCUT2D eigenvalue weighted by Gasteiger charge is 2.16. The highest BCUT2D eigenvalue weighted by Crippen LogP contribution is 2.28. The van der Waals surface area contributed by atoms with E-state index in [1.807, 2.05) is 50.2 Å². The van der Waals surface area contributed by atoms with E-state index in [4.69, 9.17) is 0 Å². The fraction of sp³-hybridized carbons (Fsp3) is 0.200. The van der Waals surface area contributed by atoms with Crippen molar-refractivity contribution in [1.82, 2.24) is 4.98 Å². The van der Waals surface area contributed by atoms with Crippen molar-refractivity contribution in [2.45, 2.75) is 27.2 Å². The molecule has 134 valence electrons. The molecule has 0 aliphatic heterocycles. The average Bonchev–Trinajstić information content (AvgIpc) is 2.99. The molecule has 0 saturated carbocycles. The second-order valence-corrected chi connectivity index (χ2v) is 7.84. The third-order valence-corrected chi connectivity index (χ3v) is 6.02. The molecule has 0 radical (unpaired) electrons. The Kier molecular flexibility index (Phi) is 5.74. The SMILES string of the molecule is CCc1ccccc1Nc1nc(C)c(C(=O)Nc2ccc(Br)c(C)c2)s1. The number of halogens is 1. The van der Waals surface area contributed by atoms with Crippen LogP contribution in [0.3, 0.4) is 0 Å². The molecule has 0 saturated heterocycles. The van der Waals surface area contributed by atoms with Crippen LogP contribution in [-0.2, 0) is 6.42 Å². The number of carbonyl (C=O) groups excluding carboxylic acids is 1. The van der Waals surface area contributed by atoms with E-state index < -0.39 is 0 Å². The standard InChI is InChI=1S/C20H20BrN3OS/c1-4-14-7-5-6-8-17(14)24-20-22-13(3)18(26-20)19(25)23-15-9-10-16(21)12(2)11-15/h5-11H,4H2,1-3H3,(H,22,24)(H,23,25). The van der Waals surface area contributed by atoms with Gasteiger partial charge in [0.1, 0.15) is 4.88 Å². The lowest BCUT2D eigenvalue weighted by molar-refractivity contribution is 0.103. The van der Waals surface area contributed by atoms with Gasteiger partial charge in [-0.3, -0.25) is 4.79 Å². The molecule has 6 heteroatoms. The molecule has 1 amide bonds. The maximum absolute atomic E-state index is 12.6. The van der Waals surface area contributed by atoms with Gasteiger partial charge in [-0.15, -0.1) is 0 Å². The Bertz CT molecular complexity index is 952. The number of thiazole rings is 1. The van der Waals surface area contributed by atoms with Crippen LogP contribution in [-0.4, -0.2) is 10.9 Å². The lowest BCUT2D eigenvalue weighted by Gasteiger charge is -2.07. The summed E-state index contributed by atoms with van der Waals surface area (Å²) in [5.74, 6) is -0.140. The highest BCUT2D eigenvalue weighted by atomic mass is 79.9. The number of rotatable bonds is 5.